The number of carbonyl (C=O) groups is 1. The van der Waals surface area contributed by atoms with Crippen LogP contribution in [-0.2, 0) is 21.6 Å². The lowest BCUT2D eigenvalue weighted by Gasteiger charge is -2.41. The maximum absolute atomic E-state index is 15.6. The van der Waals surface area contributed by atoms with Crippen LogP contribution in [-0.4, -0.2) is 66.9 Å². The van der Waals surface area contributed by atoms with Gasteiger partial charge in [-0.1, -0.05) is 43.4 Å². The topological polar surface area (TPSA) is 76.8 Å². The summed E-state index contributed by atoms with van der Waals surface area (Å²) in [5.41, 5.74) is 1.15. The van der Waals surface area contributed by atoms with Crippen molar-refractivity contribution in [3.05, 3.63) is 64.6 Å². The number of halogens is 3. The summed E-state index contributed by atoms with van der Waals surface area (Å²) in [5.74, 6) is -0.354. The molecule has 1 aliphatic heterocycles. The van der Waals surface area contributed by atoms with E-state index < -0.39 is 25.8 Å². The minimum Gasteiger partial charge on any atom is -0.465 e. The molecule has 0 radical (unpaired) electrons. The van der Waals surface area contributed by atoms with Crippen molar-refractivity contribution < 1.29 is 28.2 Å². The van der Waals surface area contributed by atoms with Crippen molar-refractivity contribution in [3.63, 3.8) is 0 Å². The summed E-state index contributed by atoms with van der Waals surface area (Å²) in [5, 5.41) is 15.0. The Morgan fingerprint density at radius 1 is 1.18 bits per heavy atom. The van der Waals surface area contributed by atoms with Gasteiger partial charge in [0, 0.05) is 55.4 Å². The van der Waals surface area contributed by atoms with E-state index in [2.05, 4.69) is 24.7 Å². The number of piperidine rings is 1. The van der Waals surface area contributed by atoms with Gasteiger partial charge in [-0.2, -0.15) is 5.10 Å². The number of rotatable bonds is 11. The van der Waals surface area contributed by atoms with Crippen molar-refractivity contribution in [1.82, 2.24) is 14.7 Å². The first-order valence-electron chi connectivity index (χ1n) is 13.2. The molecule has 1 atom stereocenters. The van der Waals surface area contributed by atoms with Crippen LogP contribution in [0.25, 0.3) is 10.9 Å². The van der Waals surface area contributed by atoms with Gasteiger partial charge in [0.05, 0.1) is 18.7 Å². The van der Waals surface area contributed by atoms with Gasteiger partial charge >= 0.3 is 6.09 Å². The molecule has 3 aromatic rings. The van der Waals surface area contributed by atoms with E-state index in [1.54, 1.807) is 35.1 Å². The molecule has 1 N–H and O–H groups in total. The standard InChI is InChI=1S/C28H36ClF2N3O4Si/c1-39(2,3)13-12-37-19-34-16-20-14-22(29)15-24(26(20)32-34)25(31)17-38-18-28(21-4-6-23(30)7-5-21)8-10-33(11-9-28)27(35)36/h4-7,14-16,25H,8-13,17-19H2,1-3H3,(H,35,36). The van der Waals surface area contributed by atoms with Crippen LogP contribution < -0.4 is 0 Å². The second kappa shape index (κ2) is 12.3. The molecular formula is C28H36ClF2N3O4Si. The van der Waals surface area contributed by atoms with Crippen LogP contribution in [0.1, 0.15) is 30.1 Å². The van der Waals surface area contributed by atoms with Crippen LogP contribution in [0, 0.1) is 5.82 Å². The van der Waals surface area contributed by atoms with Crippen LogP contribution in [0.4, 0.5) is 13.6 Å². The molecule has 212 valence electrons. The highest BCUT2D eigenvalue weighted by Crippen LogP contribution is 2.37. The fourth-order valence-electron chi connectivity index (χ4n) is 4.91. The minimum atomic E-state index is -1.48. The maximum atomic E-state index is 15.6. The van der Waals surface area contributed by atoms with E-state index in [1.807, 2.05) is 0 Å². The van der Waals surface area contributed by atoms with E-state index in [4.69, 9.17) is 21.1 Å². The van der Waals surface area contributed by atoms with Crippen LogP contribution in [0.3, 0.4) is 0 Å². The lowest BCUT2D eigenvalue weighted by molar-refractivity contribution is 0.0214. The summed E-state index contributed by atoms with van der Waals surface area (Å²) >= 11 is 6.31. The first kappa shape index (κ1) is 29.4. The Hall–Kier alpha value is -2.53. The highest BCUT2D eigenvalue weighted by Gasteiger charge is 2.38. The predicted molar refractivity (Wildman–Crippen MR) is 150 cm³/mol. The minimum absolute atomic E-state index is 0.176. The second-order valence-electron chi connectivity index (χ2n) is 11.5. The van der Waals surface area contributed by atoms with E-state index in [0.29, 0.717) is 48.6 Å². The molecule has 39 heavy (non-hydrogen) atoms. The maximum Gasteiger partial charge on any atom is 0.407 e. The fraction of sp³-hybridized carbons (Fsp3) is 0.500. The molecule has 2 heterocycles. The quantitative estimate of drug-likeness (QED) is 0.198. The normalized spacial score (nSPS) is 16.5. The molecule has 1 aromatic heterocycles. The number of alkyl halides is 1. The number of ether oxygens (including phenoxy) is 2. The van der Waals surface area contributed by atoms with Crippen LogP contribution in [0.5, 0.6) is 0 Å². The lowest BCUT2D eigenvalue weighted by atomic mass is 9.73. The summed E-state index contributed by atoms with van der Waals surface area (Å²) < 4.78 is 42.6. The van der Waals surface area contributed by atoms with Crippen molar-refractivity contribution in [2.24, 2.45) is 0 Å². The first-order valence-corrected chi connectivity index (χ1v) is 17.2. The Balaban J connectivity index is 1.44. The zero-order valence-electron chi connectivity index (χ0n) is 22.6. The van der Waals surface area contributed by atoms with Gasteiger partial charge in [-0.15, -0.1) is 0 Å². The Morgan fingerprint density at radius 2 is 1.87 bits per heavy atom. The van der Waals surface area contributed by atoms with E-state index in [1.165, 1.54) is 17.0 Å². The smallest absolute Gasteiger partial charge is 0.407 e. The number of amides is 1. The van der Waals surface area contributed by atoms with Gasteiger partial charge in [0.25, 0.3) is 0 Å². The molecule has 1 unspecified atom stereocenters. The van der Waals surface area contributed by atoms with Gasteiger partial charge in [0.15, 0.2) is 6.17 Å². The lowest BCUT2D eigenvalue weighted by Crippen LogP contribution is -2.47. The molecular weight excluding hydrogens is 544 g/mol. The number of likely N-dealkylation sites (tertiary alicyclic amines) is 1. The van der Waals surface area contributed by atoms with Gasteiger partial charge in [-0.05, 0) is 48.7 Å². The van der Waals surface area contributed by atoms with Crippen LogP contribution in [0.2, 0.25) is 30.7 Å². The number of hydrogen-bond donors (Lipinski definition) is 1. The van der Waals surface area contributed by atoms with Gasteiger partial charge in [0.2, 0.25) is 0 Å². The molecule has 0 bridgehead atoms. The molecule has 1 aliphatic rings. The summed E-state index contributed by atoms with van der Waals surface area (Å²) in [6.07, 6.45) is 0.327. The van der Waals surface area contributed by atoms with Crippen LogP contribution >= 0.6 is 11.6 Å². The molecule has 2 aromatic carbocycles. The highest BCUT2D eigenvalue weighted by molar-refractivity contribution is 6.76. The molecule has 0 saturated carbocycles. The molecule has 11 heteroatoms. The zero-order valence-corrected chi connectivity index (χ0v) is 24.4. The number of fused-ring (bicyclic) bond motifs is 1. The Labute approximate surface area is 233 Å². The van der Waals surface area contributed by atoms with Crippen molar-refractivity contribution in [2.45, 2.75) is 56.8 Å². The molecule has 7 nitrogen and oxygen atoms in total. The number of carboxylic acid groups (broad SMARTS) is 1. The van der Waals surface area contributed by atoms with Gasteiger partial charge in [-0.3, -0.25) is 0 Å². The summed E-state index contributed by atoms with van der Waals surface area (Å²) in [4.78, 5) is 12.8. The Morgan fingerprint density at radius 3 is 2.51 bits per heavy atom. The van der Waals surface area contributed by atoms with E-state index in [-0.39, 0.29) is 25.8 Å². The number of aromatic nitrogens is 2. The molecule has 1 fully saturated rings. The van der Waals surface area contributed by atoms with Gasteiger partial charge in [-0.25, -0.2) is 18.3 Å². The first-order chi connectivity index (χ1) is 18.5. The largest absolute Gasteiger partial charge is 0.465 e. The average Bonchev–Trinajstić information content (AvgIpc) is 3.28. The second-order valence-corrected chi connectivity index (χ2v) is 17.5. The SMILES string of the molecule is C[Si](C)(C)CCOCn1cc2cc(Cl)cc(C(F)COCC3(c4ccc(F)cc4)CCN(C(=O)O)CC3)c2n1. The Kier molecular flexibility index (Phi) is 9.31. The third-order valence-electron chi connectivity index (χ3n) is 7.30. The molecule has 1 amide bonds. The van der Waals surface area contributed by atoms with Crippen LogP contribution in [0.15, 0.2) is 42.6 Å². The average molecular weight is 580 g/mol. The van der Waals surface area contributed by atoms with Crippen molar-refractivity contribution in [3.8, 4) is 0 Å². The molecule has 4 rings (SSSR count). The third-order valence-corrected chi connectivity index (χ3v) is 9.22. The summed E-state index contributed by atoms with van der Waals surface area (Å²) in [6, 6.07) is 10.5. The predicted octanol–water partition coefficient (Wildman–Crippen LogP) is 6.88. The van der Waals surface area contributed by atoms with Crippen molar-refractivity contribution >= 4 is 36.7 Å². The zero-order chi connectivity index (χ0) is 28.2. The van der Waals surface area contributed by atoms with Crippen molar-refractivity contribution in [1.29, 1.82) is 0 Å². The molecule has 1 saturated heterocycles. The van der Waals surface area contributed by atoms with E-state index in [9.17, 15) is 14.3 Å². The summed E-state index contributed by atoms with van der Waals surface area (Å²) in [6.45, 7) is 8.39. The monoisotopic (exact) mass is 579 g/mol. The number of hydrogen-bond acceptors (Lipinski definition) is 4. The van der Waals surface area contributed by atoms with Crippen molar-refractivity contribution in [2.75, 3.05) is 32.9 Å². The van der Waals surface area contributed by atoms with Gasteiger partial charge in [0.1, 0.15) is 12.5 Å². The summed E-state index contributed by atoms with van der Waals surface area (Å²) in [7, 11) is -1.20. The molecule has 0 aliphatic carbocycles. The van der Waals surface area contributed by atoms with E-state index >= 15 is 4.39 Å². The van der Waals surface area contributed by atoms with Gasteiger partial charge < -0.3 is 19.5 Å². The third kappa shape index (κ3) is 7.56. The number of benzene rings is 2. The number of nitrogens with zero attached hydrogens (tertiary/aromatic N) is 3. The molecule has 0 spiro atoms. The fourth-order valence-corrected chi connectivity index (χ4v) is 5.90. The Bertz CT molecular complexity index is 1270. The van der Waals surface area contributed by atoms with E-state index in [0.717, 1.165) is 17.0 Å². The highest BCUT2D eigenvalue weighted by atomic mass is 35.5.